The number of aromatic nitrogens is 2. The van der Waals surface area contributed by atoms with Crippen molar-refractivity contribution in [3.05, 3.63) is 22.8 Å². The van der Waals surface area contributed by atoms with Crippen LogP contribution in [0, 0.1) is 19.8 Å². The van der Waals surface area contributed by atoms with Crippen molar-refractivity contribution in [2.75, 3.05) is 13.2 Å². The van der Waals surface area contributed by atoms with E-state index in [-0.39, 0.29) is 0 Å². The van der Waals surface area contributed by atoms with Crippen LogP contribution in [0.2, 0.25) is 0 Å². The van der Waals surface area contributed by atoms with Gasteiger partial charge in [0.25, 0.3) is 0 Å². The number of rotatable bonds is 8. The van der Waals surface area contributed by atoms with Crippen LogP contribution in [0.4, 0.5) is 0 Å². The fraction of sp³-hybridized carbons (Fsp3) is 0.733. The van der Waals surface area contributed by atoms with Crippen LogP contribution in [0.3, 0.4) is 0 Å². The Morgan fingerprint density at radius 2 is 1.79 bits per heavy atom. The Labute approximate surface area is 117 Å². The smallest absolute Gasteiger partial charge is 0.154 e. The second kappa shape index (κ2) is 8.23. The van der Waals surface area contributed by atoms with Crippen LogP contribution in [-0.2, 0) is 17.9 Å². The minimum Gasteiger partial charge on any atom is -0.373 e. The third kappa shape index (κ3) is 5.66. The first kappa shape index (κ1) is 16.1. The zero-order valence-electron chi connectivity index (χ0n) is 12.9. The molecule has 0 aliphatic carbocycles. The molecule has 1 N–H and O–H groups in total. The van der Waals surface area contributed by atoms with Gasteiger partial charge in [0, 0.05) is 30.1 Å². The molecular formula is C15H27N3O. The fourth-order valence-corrected chi connectivity index (χ4v) is 1.92. The Morgan fingerprint density at radius 3 is 2.32 bits per heavy atom. The molecule has 0 fully saturated rings. The molecular weight excluding hydrogens is 238 g/mol. The molecule has 0 aromatic carbocycles. The zero-order chi connectivity index (χ0) is 14.3. The highest BCUT2D eigenvalue weighted by Crippen LogP contribution is 2.11. The van der Waals surface area contributed by atoms with Crippen molar-refractivity contribution in [2.45, 2.75) is 54.2 Å². The first-order chi connectivity index (χ1) is 9.04. The van der Waals surface area contributed by atoms with Crippen molar-refractivity contribution in [3.8, 4) is 0 Å². The van der Waals surface area contributed by atoms with Crippen LogP contribution < -0.4 is 5.32 Å². The molecule has 1 heterocycles. The molecule has 4 nitrogen and oxygen atoms in total. The molecule has 0 radical (unpaired) electrons. The molecule has 108 valence electrons. The number of hydrogen-bond acceptors (Lipinski definition) is 4. The summed E-state index contributed by atoms with van der Waals surface area (Å²) in [6.45, 7) is 13.7. The monoisotopic (exact) mass is 265 g/mol. The van der Waals surface area contributed by atoms with Gasteiger partial charge >= 0.3 is 0 Å². The third-order valence-corrected chi connectivity index (χ3v) is 2.90. The Balaban J connectivity index is 2.63. The largest absolute Gasteiger partial charge is 0.373 e. The van der Waals surface area contributed by atoms with E-state index in [0.29, 0.717) is 12.5 Å². The summed E-state index contributed by atoms with van der Waals surface area (Å²) in [7, 11) is 0. The highest BCUT2D eigenvalue weighted by molar-refractivity contribution is 5.24. The summed E-state index contributed by atoms with van der Waals surface area (Å²) in [5, 5.41) is 3.44. The zero-order valence-corrected chi connectivity index (χ0v) is 12.9. The van der Waals surface area contributed by atoms with Gasteiger partial charge < -0.3 is 10.1 Å². The highest BCUT2D eigenvalue weighted by Gasteiger charge is 2.08. The van der Waals surface area contributed by atoms with Crippen LogP contribution >= 0.6 is 0 Å². The van der Waals surface area contributed by atoms with Crippen molar-refractivity contribution in [1.29, 1.82) is 0 Å². The first-order valence-electron chi connectivity index (χ1n) is 7.16. The number of ether oxygens (including phenoxy) is 1. The third-order valence-electron chi connectivity index (χ3n) is 2.90. The van der Waals surface area contributed by atoms with E-state index >= 15 is 0 Å². The van der Waals surface area contributed by atoms with Gasteiger partial charge in [-0.3, -0.25) is 0 Å². The molecule has 0 amide bonds. The van der Waals surface area contributed by atoms with Crippen LogP contribution in [0.5, 0.6) is 0 Å². The van der Waals surface area contributed by atoms with Gasteiger partial charge in [0.2, 0.25) is 0 Å². The molecule has 0 aliphatic heterocycles. The summed E-state index contributed by atoms with van der Waals surface area (Å²) in [5.74, 6) is 1.44. The summed E-state index contributed by atoms with van der Waals surface area (Å²) >= 11 is 0. The standard InChI is InChI=1S/C15H27N3O/c1-6-7-19-10-15-17-12(4)14(13(5)18-15)9-16-8-11(2)3/h11,16H,6-10H2,1-5H3. The molecule has 0 unspecified atom stereocenters. The van der Waals surface area contributed by atoms with Gasteiger partial charge in [0.05, 0.1) is 0 Å². The average Bonchev–Trinajstić information content (AvgIpc) is 2.32. The molecule has 0 spiro atoms. The molecule has 0 saturated heterocycles. The van der Waals surface area contributed by atoms with E-state index in [1.807, 2.05) is 13.8 Å². The highest BCUT2D eigenvalue weighted by atomic mass is 16.5. The van der Waals surface area contributed by atoms with Crippen molar-refractivity contribution in [1.82, 2.24) is 15.3 Å². The Morgan fingerprint density at radius 1 is 1.16 bits per heavy atom. The van der Waals surface area contributed by atoms with E-state index in [9.17, 15) is 0 Å². The quantitative estimate of drug-likeness (QED) is 0.734. The second-order valence-electron chi connectivity index (χ2n) is 5.37. The maximum absolute atomic E-state index is 5.49. The summed E-state index contributed by atoms with van der Waals surface area (Å²) in [6, 6.07) is 0. The van der Waals surface area contributed by atoms with Crippen LogP contribution in [0.25, 0.3) is 0 Å². The number of aryl methyl sites for hydroxylation is 2. The molecule has 1 aromatic heterocycles. The molecule has 1 rings (SSSR count). The fourth-order valence-electron chi connectivity index (χ4n) is 1.92. The molecule has 0 bridgehead atoms. The minimum atomic E-state index is 0.509. The van der Waals surface area contributed by atoms with Crippen molar-refractivity contribution in [3.63, 3.8) is 0 Å². The lowest BCUT2D eigenvalue weighted by molar-refractivity contribution is 0.116. The Kier molecular flexibility index (Phi) is 6.95. The Bertz CT molecular complexity index is 368. The van der Waals surface area contributed by atoms with E-state index < -0.39 is 0 Å². The predicted octanol–water partition coefficient (Wildman–Crippen LogP) is 2.77. The van der Waals surface area contributed by atoms with E-state index in [4.69, 9.17) is 4.74 Å². The van der Waals surface area contributed by atoms with Crippen LogP contribution in [-0.4, -0.2) is 23.1 Å². The van der Waals surface area contributed by atoms with Gasteiger partial charge in [0.1, 0.15) is 6.61 Å². The Hall–Kier alpha value is -1.00. The van der Waals surface area contributed by atoms with Crippen molar-refractivity contribution in [2.24, 2.45) is 5.92 Å². The summed E-state index contributed by atoms with van der Waals surface area (Å²) in [5.41, 5.74) is 3.32. The second-order valence-corrected chi connectivity index (χ2v) is 5.37. The molecule has 0 aliphatic rings. The summed E-state index contributed by atoms with van der Waals surface area (Å²) < 4.78 is 5.49. The van der Waals surface area contributed by atoms with Crippen LogP contribution in [0.1, 0.15) is 50.0 Å². The first-order valence-corrected chi connectivity index (χ1v) is 7.16. The lowest BCUT2D eigenvalue weighted by Crippen LogP contribution is -2.21. The van der Waals surface area contributed by atoms with Gasteiger partial charge in [-0.25, -0.2) is 9.97 Å². The van der Waals surface area contributed by atoms with E-state index in [1.54, 1.807) is 0 Å². The van der Waals surface area contributed by atoms with Gasteiger partial charge in [-0.2, -0.15) is 0 Å². The van der Waals surface area contributed by atoms with E-state index in [2.05, 4.69) is 36.1 Å². The van der Waals surface area contributed by atoms with Crippen molar-refractivity contribution >= 4 is 0 Å². The molecule has 1 aromatic rings. The normalized spacial score (nSPS) is 11.3. The van der Waals surface area contributed by atoms with Gasteiger partial charge in [-0.15, -0.1) is 0 Å². The molecule has 0 atom stereocenters. The number of nitrogens with one attached hydrogen (secondary N) is 1. The maximum atomic E-state index is 5.49. The summed E-state index contributed by atoms with van der Waals surface area (Å²) in [4.78, 5) is 9.05. The number of hydrogen-bond donors (Lipinski definition) is 1. The minimum absolute atomic E-state index is 0.509. The van der Waals surface area contributed by atoms with Crippen molar-refractivity contribution < 1.29 is 4.74 Å². The molecule has 0 saturated carbocycles. The maximum Gasteiger partial charge on any atom is 0.154 e. The van der Waals surface area contributed by atoms with E-state index in [1.165, 1.54) is 5.56 Å². The average molecular weight is 265 g/mol. The number of nitrogens with zero attached hydrogens (tertiary/aromatic N) is 2. The molecule has 19 heavy (non-hydrogen) atoms. The topological polar surface area (TPSA) is 47.0 Å². The lowest BCUT2D eigenvalue weighted by atomic mass is 10.1. The predicted molar refractivity (Wildman–Crippen MR) is 78.0 cm³/mol. The SMILES string of the molecule is CCCOCc1nc(C)c(CNCC(C)C)c(C)n1. The van der Waals surface area contributed by atoms with E-state index in [0.717, 1.165) is 43.3 Å². The lowest BCUT2D eigenvalue weighted by Gasteiger charge is -2.13. The van der Waals surface area contributed by atoms with Crippen LogP contribution in [0.15, 0.2) is 0 Å². The molecule has 4 heteroatoms. The van der Waals surface area contributed by atoms with Gasteiger partial charge in [-0.05, 0) is 32.7 Å². The van der Waals surface area contributed by atoms with Gasteiger partial charge in [0.15, 0.2) is 5.82 Å². The summed E-state index contributed by atoms with van der Waals surface area (Å²) in [6.07, 6.45) is 1.02. The van der Waals surface area contributed by atoms with Gasteiger partial charge in [-0.1, -0.05) is 20.8 Å².